The van der Waals surface area contributed by atoms with Gasteiger partial charge in [0.2, 0.25) is 5.91 Å². The Bertz CT molecular complexity index is 792. The Balaban J connectivity index is 1.69. The first-order chi connectivity index (χ1) is 15.6. The zero-order valence-electron chi connectivity index (χ0n) is 20.4. The number of amides is 2. The minimum atomic E-state index is -0.693. The molecule has 1 aliphatic carbocycles. The first-order valence-electron chi connectivity index (χ1n) is 12.3. The molecule has 0 radical (unpaired) electrons. The second-order valence-corrected chi connectivity index (χ2v) is 11.2. The summed E-state index contributed by atoms with van der Waals surface area (Å²) in [7, 11) is 0. The van der Waals surface area contributed by atoms with Crippen LogP contribution in [0.5, 0.6) is 0 Å². The number of nitrogens with two attached hydrogens (primary N) is 1. The summed E-state index contributed by atoms with van der Waals surface area (Å²) >= 11 is 6.02. The summed E-state index contributed by atoms with van der Waals surface area (Å²) < 4.78 is 5.43. The third-order valence-electron chi connectivity index (χ3n) is 7.29. The molecule has 2 fully saturated rings. The SMILES string of the molecule is CC(C)(C)OC(=O)N[C@H](Cc1ccc(Cl)cc1)C(=O)N1CCC(CN)(C2CCCCC2)CC1. The van der Waals surface area contributed by atoms with E-state index < -0.39 is 17.7 Å². The topological polar surface area (TPSA) is 84.7 Å². The highest BCUT2D eigenvalue weighted by Crippen LogP contribution is 2.45. The molecule has 7 heteroatoms. The molecule has 1 heterocycles. The first kappa shape index (κ1) is 25.8. The number of benzene rings is 1. The van der Waals surface area contributed by atoms with Gasteiger partial charge in [0.25, 0.3) is 0 Å². The van der Waals surface area contributed by atoms with Crippen LogP contribution in [-0.4, -0.2) is 48.2 Å². The Morgan fingerprint density at radius 3 is 2.30 bits per heavy atom. The molecule has 33 heavy (non-hydrogen) atoms. The smallest absolute Gasteiger partial charge is 0.408 e. The molecule has 1 aliphatic heterocycles. The summed E-state index contributed by atoms with van der Waals surface area (Å²) in [6.45, 7) is 7.48. The third kappa shape index (κ3) is 7.10. The number of halogens is 1. The van der Waals surface area contributed by atoms with E-state index in [1.807, 2.05) is 37.8 Å². The molecule has 1 saturated heterocycles. The van der Waals surface area contributed by atoms with Gasteiger partial charge in [0.05, 0.1) is 0 Å². The van der Waals surface area contributed by atoms with E-state index in [0.717, 1.165) is 18.4 Å². The molecular formula is C26H40ClN3O3. The fourth-order valence-electron chi connectivity index (χ4n) is 5.39. The summed E-state index contributed by atoms with van der Waals surface area (Å²) in [4.78, 5) is 28.0. The van der Waals surface area contributed by atoms with Crippen LogP contribution in [0, 0.1) is 11.3 Å². The van der Waals surface area contributed by atoms with Crippen LogP contribution >= 0.6 is 11.6 Å². The van der Waals surface area contributed by atoms with Crippen molar-refractivity contribution in [3.63, 3.8) is 0 Å². The van der Waals surface area contributed by atoms with Crippen molar-refractivity contribution in [2.45, 2.75) is 83.8 Å². The highest BCUT2D eigenvalue weighted by Gasteiger charge is 2.42. The molecule has 3 rings (SSSR count). The summed E-state index contributed by atoms with van der Waals surface area (Å²) in [6, 6.07) is 6.68. The number of likely N-dealkylation sites (tertiary alicyclic amines) is 1. The largest absolute Gasteiger partial charge is 0.444 e. The lowest BCUT2D eigenvalue weighted by Crippen LogP contribution is -2.55. The van der Waals surface area contributed by atoms with Crippen molar-refractivity contribution >= 4 is 23.6 Å². The number of ether oxygens (including phenoxy) is 1. The van der Waals surface area contributed by atoms with Crippen molar-refractivity contribution in [3.8, 4) is 0 Å². The van der Waals surface area contributed by atoms with Crippen LogP contribution in [0.2, 0.25) is 5.02 Å². The number of rotatable bonds is 6. The molecule has 0 aromatic heterocycles. The van der Waals surface area contributed by atoms with Crippen LogP contribution in [0.15, 0.2) is 24.3 Å². The Morgan fingerprint density at radius 1 is 1.15 bits per heavy atom. The monoisotopic (exact) mass is 477 g/mol. The number of hydrogen-bond acceptors (Lipinski definition) is 4. The van der Waals surface area contributed by atoms with Gasteiger partial charge in [-0.2, -0.15) is 0 Å². The first-order valence-corrected chi connectivity index (χ1v) is 12.7. The van der Waals surface area contributed by atoms with E-state index in [4.69, 9.17) is 22.1 Å². The van der Waals surface area contributed by atoms with Gasteiger partial charge >= 0.3 is 6.09 Å². The second kappa shape index (κ2) is 11.1. The minimum Gasteiger partial charge on any atom is -0.444 e. The molecule has 1 aromatic carbocycles. The van der Waals surface area contributed by atoms with E-state index in [-0.39, 0.29) is 11.3 Å². The molecule has 1 aromatic rings. The molecule has 6 nitrogen and oxygen atoms in total. The Hall–Kier alpha value is -1.79. The number of carbonyl (C=O) groups excluding carboxylic acids is 2. The molecule has 0 bridgehead atoms. The van der Waals surface area contributed by atoms with Crippen molar-refractivity contribution in [2.75, 3.05) is 19.6 Å². The van der Waals surface area contributed by atoms with Gasteiger partial charge in [-0.15, -0.1) is 0 Å². The summed E-state index contributed by atoms with van der Waals surface area (Å²) in [5.41, 5.74) is 6.74. The van der Waals surface area contributed by atoms with Gasteiger partial charge in [-0.1, -0.05) is 43.0 Å². The Labute approximate surface area is 203 Å². The van der Waals surface area contributed by atoms with Gasteiger partial charge in [-0.3, -0.25) is 4.79 Å². The number of hydrogen-bond donors (Lipinski definition) is 2. The lowest BCUT2D eigenvalue weighted by atomic mass is 9.64. The quantitative estimate of drug-likeness (QED) is 0.608. The third-order valence-corrected chi connectivity index (χ3v) is 7.54. The average molecular weight is 478 g/mol. The van der Waals surface area contributed by atoms with Gasteiger partial charge in [-0.25, -0.2) is 4.79 Å². The van der Waals surface area contributed by atoms with Crippen molar-refractivity contribution in [1.29, 1.82) is 0 Å². The highest BCUT2D eigenvalue weighted by atomic mass is 35.5. The number of carbonyl (C=O) groups is 2. The van der Waals surface area contributed by atoms with Gasteiger partial charge in [0.15, 0.2) is 0 Å². The average Bonchev–Trinajstić information content (AvgIpc) is 2.79. The van der Waals surface area contributed by atoms with E-state index in [9.17, 15) is 9.59 Å². The standard InChI is InChI=1S/C26H40ClN3O3/c1-25(2,3)33-24(32)29-22(17-19-9-11-21(27)12-10-19)23(31)30-15-13-26(18-28,14-16-30)20-7-5-4-6-8-20/h9-12,20,22H,4-8,13-18,28H2,1-3H3,(H,29,32)/t22-/m1/s1. The summed E-state index contributed by atoms with van der Waals surface area (Å²) in [5, 5.41) is 3.46. The lowest BCUT2D eigenvalue weighted by Gasteiger charge is -2.48. The number of nitrogens with zero attached hydrogens (tertiary/aromatic N) is 1. The van der Waals surface area contributed by atoms with Crippen LogP contribution in [0.4, 0.5) is 4.79 Å². The van der Waals surface area contributed by atoms with Crippen LogP contribution in [0.25, 0.3) is 0 Å². The predicted molar refractivity (Wildman–Crippen MR) is 132 cm³/mol. The maximum absolute atomic E-state index is 13.5. The fourth-order valence-corrected chi connectivity index (χ4v) is 5.52. The van der Waals surface area contributed by atoms with Crippen molar-refractivity contribution < 1.29 is 14.3 Å². The summed E-state index contributed by atoms with van der Waals surface area (Å²) in [6.07, 6.45) is 8.08. The molecule has 1 saturated carbocycles. The van der Waals surface area contributed by atoms with Crippen LogP contribution in [0.3, 0.4) is 0 Å². The summed E-state index contributed by atoms with van der Waals surface area (Å²) in [5.74, 6) is 0.600. The van der Waals surface area contributed by atoms with Crippen LogP contribution in [-0.2, 0) is 16.0 Å². The fraction of sp³-hybridized carbons (Fsp3) is 0.692. The van der Waals surface area contributed by atoms with E-state index in [1.165, 1.54) is 32.1 Å². The van der Waals surface area contributed by atoms with Crippen LogP contribution in [0.1, 0.15) is 71.3 Å². The highest BCUT2D eigenvalue weighted by molar-refractivity contribution is 6.30. The maximum Gasteiger partial charge on any atom is 0.408 e. The van der Waals surface area contributed by atoms with E-state index in [1.54, 1.807) is 12.1 Å². The molecule has 0 spiro atoms. The Kier molecular flexibility index (Phi) is 8.68. The van der Waals surface area contributed by atoms with Crippen LogP contribution < -0.4 is 11.1 Å². The van der Waals surface area contributed by atoms with Gasteiger partial charge in [0, 0.05) is 24.5 Å². The molecular weight excluding hydrogens is 438 g/mol. The van der Waals surface area contributed by atoms with Gasteiger partial charge in [-0.05, 0) is 82.0 Å². The van der Waals surface area contributed by atoms with Gasteiger partial charge < -0.3 is 20.7 Å². The zero-order chi connectivity index (χ0) is 24.1. The number of piperidine rings is 1. The molecule has 3 N–H and O–H groups in total. The Morgan fingerprint density at radius 2 is 1.76 bits per heavy atom. The molecule has 2 aliphatic rings. The zero-order valence-corrected chi connectivity index (χ0v) is 21.1. The molecule has 0 unspecified atom stereocenters. The van der Waals surface area contributed by atoms with E-state index in [2.05, 4.69) is 5.32 Å². The molecule has 184 valence electrons. The van der Waals surface area contributed by atoms with Crippen molar-refractivity contribution in [2.24, 2.45) is 17.1 Å². The lowest BCUT2D eigenvalue weighted by molar-refractivity contribution is -0.136. The molecule has 1 atom stereocenters. The number of nitrogens with one attached hydrogen (secondary N) is 1. The normalized spacial score (nSPS) is 20.2. The van der Waals surface area contributed by atoms with Crippen molar-refractivity contribution in [1.82, 2.24) is 10.2 Å². The number of alkyl carbamates (subject to hydrolysis) is 1. The minimum absolute atomic E-state index is 0.0647. The predicted octanol–water partition coefficient (Wildman–Crippen LogP) is 4.92. The van der Waals surface area contributed by atoms with E-state index in [0.29, 0.717) is 37.0 Å². The second-order valence-electron chi connectivity index (χ2n) is 10.8. The maximum atomic E-state index is 13.5. The van der Waals surface area contributed by atoms with E-state index >= 15 is 0 Å². The molecule has 2 amide bonds. The van der Waals surface area contributed by atoms with Crippen molar-refractivity contribution in [3.05, 3.63) is 34.9 Å². The van der Waals surface area contributed by atoms with Gasteiger partial charge in [0.1, 0.15) is 11.6 Å².